The number of carbonyl (C=O) groups excluding carboxylic acids is 1. The van der Waals surface area contributed by atoms with Crippen molar-refractivity contribution < 1.29 is 9.53 Å². The molecule has 0 N–H and O–H groups in total. The van der Waals surface area contributed by atoms with E-state index in [-0.39, 0.29) is 0 Å². The quantitative estimate of drug-likeness (QED) is 0.818. The number of aldehydes is 1. The van der Waals surface area contributed by atoms with Gasteiger partial charge in [0.2, 0.25) is 0 Å². The maximum absolute atomic E-state index is 10.9. The molecule has 0 atom stereocenters. The van der Waals surface area contributed by atoms with Crippen LogP contribution in [0.15, 0.2) is 29.0 Å². The lowest BCUT2D eigenvalue weighted by molar-refractivity contribution is 0.112. The van der Waals surface area contributed by atoms with Gasteiger partial charge in [0.05, 0.1) is 23.6 Å². The summed E-state index contributed by atoms with van der Waals surface area (Å²) >= 11 is 3.42. The van der Waals surface area contributed by atoms with Crippen molar-refractivity contribution in [3.8, 4) is 17.0 Å². The molecule has 0 fully saturated rings. The van der Waals surface area contributed by atoms with Crippen molar-refractivity contribution >= 4 is 22.2 Å². The van der Waals surface area contributed by atoms with E-state index >= 15 is 0 Å². The van der Waals surface area contributed by atoms with Crippen LogP contribution in [0, 0.1) is 0 Å². The summed E-state index contributed by atoms with van der Waals surface area (Å²) in [7, 11) is 3.47. The van der Waals surface area contributed by atoms with Gasteiger partial charge in [0.25, 0.3) is 0 Å². The maximum Gasteiger partial charge on any atom is 0.170 e. The van der Waals surface area contributed by atoms with Crippen molar-refractivity contribution in [3.05, 3.63) is 34.7 Å². The van der Waals surface area contributed by atoms with Crippen molar-refractivity contribution in [2.24, 2.45) is 7.05 Å². The molecule has 0 aliphatic rings. The number of rotatable bonds is 3. The molecule has 0 bridgehead atoms. The zero-order chi connectivity index (χ0) is 12.4. The summed E-state index contributed by atoms with van der Waals surface area (Å²) < 4.78 is 7.83. The molecule has 4 nitrogen and oxygen atoms in total. The van der Waals surface area contributed by atoms with Crippen molar-refractivity contribution in [2.45, 2.75) is 0 Å². The fourth-order valence-electron chi connectivity index (χ4n) is 1.70. The molecule has 0 aliphatic heterocycles. The summed E-state index contributed by atoms with van der Waals surface area (Å²) in [6.45, 7) is 0. The Morgan fingerprint density at radius 2 is 2.24 bits per heavy atom. The zero-order valence-electron chi connectivity index (χ0n) is 9.48. The van der Waals surface area contributed by atoms with Crippen LogP contribution in [0.4, 0.5) is 0 Å². The van der Waals surface area contributed by atoms with E-state index in [4.69, 9.17) is 4.74 Å². The molecule has 2 aromatic rings. The second-order valence-electron chi connectivity index (χ2n) is 3.56. The number of benzene rings is 1. The van der Waals surface area contributed by atoms with Crippen molar-refractivity contribution in [1.82, 2.24) is 9.55 Å². The molecule has 1 aromatic carbocycles. The largest absolute Gasteiger partial charge is 0.496 e. The van der Waals surface area contributed by atoms with Gasteiger partial charge < -0.3 is 9.30 Å². The second kappa shape index (κ2) is 4.71. The standard InChI is InChI=1S/C12H11BrN2O2/c1-15-7-14-10(6-16)12(15)8-3-4-11(17-2)9(13)5-8/h3-7H,1-2H3. The van der Waals surface area contributed by atoms with E-state index in [0.717, 1.165) is 27.8 Å². The Hall–Kier alpha value is -1.62. The highest BCUT2D eigenvalue weighted by atomic mass is 79.9. The molecule has 17 heavy (non-hydrogen) atoms. The van der Waals surface area contributed by atoms with E-state index in [1.54, 1.807) is 13.4 Å². The molecule has 0 saturated carbocycles. The number of imidazole rings is 1. The lowest BCUT2D eigenvalue weighted by Gasteiger charge is -2.07. The normalized spacial score (nSPS) is 10.3. The molecule has 2 rings (SSSR count). The molecule has 1 heterocycles. The summed E-state index contributed by atoms with van der Waals surface area (Å²) in [5.41, 5.74) is 2.15. The number of methoxy groups -OCH3 is 1. The fourth-order valence-corrected chi connectivity index (χ4v) is 2.24. The molecule has 88 valence electrons. The van der Waals surface area contributed by atoms with Crippen LogP contribution in [0.25, 0.3) is 11.3 Å². The molecule has 0 aliphatic carbocycles. The Kier molecular flexibility index (Phi) is 3.28. The van der Waals surface area contributed by atoms with E-state index in [9.17, 15) is 4.79 Å². The molecule has 0 unspecified atom stereocenters. The second-order valence-corrected chi connectivity index (χ2v) is 4.41. The highest BCUT2D eigenvalue weighted by molar-refractivity contribution is 9.10. The number of hydrogen-bond donors (Lipinski definition) is 0. The highest BCUT2D eigenvalue weighted by Crippen LogP contribution is 2.31. The van der Waals surface area contributed by atoms with Gasteiger partial charge in [-0.2, -0.15) is 0 Å². The number of ether oxygens (including phenoxy) is 1. The lowest BCUT2D eigenvalue weighted by atomic mass is 10.1. The van der Waals surface area contributed by atoms with Crippen molar-refractivity contribution in [3.63, 3.8) is 0 Å². The summed E-state index contributed by atoms with van der Waals surface area (Å²) in [4.78, 5) is 14.9. The molecular weight excluding hydrogens is 284 g/mol. The van der Waals surface area contributed by atoms with Gasteiger partial charge in [-0.3, -0.25) is 4.79 Å². The number of aryl methyl sites for hydroxylation is 1. The van der Waals surface area contributed by atoms with Crippen molar-refractivity contribution in [2.75, 3.05) is 7.11 Å². The molecular formula is C12H11BrN2O2. The van der Waals surface area contributed by atoms with Crippen LogP contribution in [-0.4, -0.2) is 22.9 Å². The van der Waals surface area contributed by atoms with Gasteiger partial charge in [0, 0.05) is 12.6 Å². The average molecular weight is 295 g/mol. The van der Waals surface area contributed by atoms with E-state index in [1.807, 2.05) is 29.8 Å². The van der Waals surface area contributed by atoms with Gasteiger partial charge in [-0.15, -0.1) is 0 Å². The van der Waals surface area contributed by atoms with Crippen LogP contribution in [0.2, 0.25) is 0 Å². The summed E-state index contributed by atoms with van der Waals surface area (Å²) in [6.07, 6.45) is 2.38. The zero-order valence-corrected chi connectivity index (χ0v) is 11.1. The molecule has 0 saturated heterocycles. The van der Waals surface area contributed by atoms with E-state index in [0.29, 0.717) is 5.69 Å². The highest BCUT2D eigenvalue weighted by Gasteiger charge is 2.12. The van der Waals surface area contributed by atoms with E-state index in [1.165, 1.54) is 0 Å². The topological polar surface area (TPSA) is 44.1 Å². The third-order valence-corrected chi connectivity index (χ3v) is 3.12. The Morgan fingerprint density at radius 3 is 2.82 bits per heavy atom. The lowest BCUT2D eigenvalue weighted by Crippen LogP contribution is -1.94. The Morgan fingerprint density at radius 1 is 1.47 bits per heavy atom. The molecule has 0 radical (unpaired) electrons. The van der Waals surface area contributed by atoms with Gasteiger partial charge in [-0.25, -0.2) is 4.98 Å². The first kappa shape index (κ1) is 11.9. The fraction of sp³-hybridized carbons (Fsp3) is 0.167. The number of carbonyl (C=O) groups is 1. The predicted octanol–water partition coefficient (Wildman–Crippen LogP) is 2.67. The number of halogens is 1. The molecule has 5 heteroatoms. The van der Waals surface area contributed by atoms with Crippen molar-refractivity contribution in [1.29, 1.82) is 0 Å². The van der Waals surface area contributed by atoms with Gasteiger partial charge in [-0.1, -0.05) is 0 Å². The van der Waals surface area contributed by atoms with Gasteiger partial charge in [-0.05, 0) is 34.1 Å². The average Bonchev–Trinajstić information content (AvgIpc) is 2.70. The monoisotopic (exact) mass is 294 g/mol. The molecule has 0 amide bonds. The maximum atomic E-state index is 10.9. The van der Waals surface area contributed by atoms with Crippen LogP contribution in [0.3, 0.4) is 0 Å². The van der Waals surface area contributed by atoms with Crippen LogP contribution in [0.5, 0.6) is 5.75 Å². The minimum Gasteiger partial charge on any atom is -0.496 e. The Labute approximate surface area is 107 Å². The number of hydrogen-bond acceptors (Lipinski definition) is 3. The number of aromatic nitrogens is 2. The third kappa shape index (κ3) is 2.10. The Bertz CT molecular complexity index is 564. The van der Waals surface area contributed by atoms with E-state index in [2.05, 4.69) is 20.9 Å². The predicted molar refractivity (Wildman–Crippen MR) is 68.3 cm³/mol. The summed E-state index contributed by atoms with van der Waals surface area (Å²) in [5.74, 6) is 0.753. The first-order valence-electron chi connectivity index (χ1n) is 4.97. The Balaban J connectivity index is 2.56. The summed E-state index contributed by atoms with van der Waals surface area (Å²) in [6, 6.07) is 5.65. The minimum atomic E-state index is 0.435. The van der Waals surface area contributed by atoms with Gasteiger partial charge in [0.1, 0.15) is 11.4 Å². The van der Waals surface area contributed by atoms with Crippen LogP contribution < -0.4 is 4.74 Å². The smallest absolute Gasteiger partial charge is 0.170 e. The third-order valence-electron chi connectivity index (χ3n) is 2.50. The SMILES string of the molecule is COc1ccc(-c2c(C=O)ncn2C)cc1Br. The van der Waals surface area contributed by atoms with Crippen LogP contribution in [0.1, 0.15) is 10.5 Å². The molecule has 0 spiro atoms. The number of nitrogens with zero attached hydrogens (tertiary/aromatic N) is 2. The van der Waals surface area contributed by atoms with Crippen LogP contribution >= 0.6 is 15.9 Å². The molecule has 1 aromatic heterocycles. The first-order valence-corrected chi connectivity index (χ1v) is 5.77. The first-order chi connectivity index (χ1) is 8.17. The summed E-state index contributed by atoms with van der Waals surface area (Å²) in [5, 5.41) is 0. The van der Waals surface area contributed by atoms with Crippen LogP contribution in [-0.2, 0) is 7.05 Å². The minimum absolute atomic E-state index is 0.435. The van der Waals surface area contributed by atoms with Gasteiger partial charge >= 0.3 is 0 Å². The van der Waals surface area contributed by atoms with Gasteiger partial charge in [0.15, 0.2) is 6.29 Å². The van der Waals surface area contributed by atoms with E-state index < -0.39 is 0 Å².